The molecule has 2 unspecified atom stereocenters. The van der Waals surface area contributed by atoms with Crippen molar-refractivity contribution in [2.45, 2.75) is 12.3 Å². The Balaban J connectivity index is 1.56. The lowest BCUT2D eigenvalue weighted by atomic mass is 10.1. The van der Waals surface area contributed by atoms with Gasteiger partial charge in [0.15, 0.2) is 0 Å². The van der Waals surface area contributed by atoms with Gasteiger partial charge >= 0.3 is 0 Å². The molecule has 1 aliphatic carbocycles. The molecule has 1 saturated carbocycles. The average molecular weight is 302 g/mol. The van der Waals surface area contributed by atoms with Crippen molar-refractivity contribution < 1.29 is 13.9 Å². The smallest absolute Gasteiger partial charge is 0.258 e. The van der Waals surface area contributed by atoms with Crippen LogP contribution in [0.25, 0.3) is 0 Å². The van der Waals surface area contributed by atoms with Gasteiger partial charge in [-0.3, -0.25) is 15.6 Å². The van der Waals surface area contributed by atoms with Crippen LogP contribution in [0.2, 0.25) is 0 Å². The minimum Gasteiger partial charge on any atom is -0.478 e. The summed E-state index contributed by atoms with van der Waals surface area (Å²) in [6.07, 6.45) is 3.74. The summed E-state index contributed by atoms with van der Waals surface area (Å²) in [5, 5.41) is 0. The van der Waals surface area contributed by atoms with Crippen molar-refractivity contribution in [2.75, 3.05) is 12.5 Å². The van der Waals surface area contributed by atoms with Gasteiger partial charge in [-0.1, -0.05) is 12.1 Å². The number of carbonyl (C=O) groups excluding carboxylic acids is 1. The Hall–Kier alpha value is -2.70. The summed E-state index contributed by atoms with van der Waals surface area (Å²) >= 11 is 0. The number of halogens is 1. The standard InChI is InChI=1S/C15H15FN4O2/c1-22-15-13(17-6-7-18-15)19-20-14(21)12-8-11(12)9-2-4-10(16)5-3-9/h2-7,11-12H,8H2,1H3,(H,17,19)(H,20,21). The molecular formula is C15H15FN4O2. The fourth-order valence-corrected chi connectivity index (χ4v) is 2.34. The number of nitrogens with zero attached hydrogens (tertiary/aromatic N) is 2. The fraction of sp³-hybridized carbons (Fsp3) is 0.267. The number of nitrogens with one attached hydrogen (secondary N) is 2. The Bertz CT molecular complexity index is 677. The molecule has 1 aromatic heterocycles. The van der Waals surface area contributed by atoms with Gasteiger partial charge < -0.3 is 4.74 Å². The van der Waals surface area contributed by atoms with Crippen LogP contribution in [0.3, 0.4) is 0 Å². The highest BCUT2D eigenvalue weighted by Crippen LogP contribution is 2.47. The minimum atomic E-state index is -0.276. The average Bonchev–Trinajstić information content (AvgIpc) is 3.34. The maximum Gasteiger partial charge on any atom is 0.258 e. The Morgan fingerprint density at radius 3 is 2.73 bits per heavy atom. The number of amides is 1. The Morgan fingerprint density at radius 2 is 2.00 bits per heavy atom. The number of benzene rings is 1. The van der Waals surface area contributed by atoms with E-state index in [2.05, 4.69) is 20.8 Å². The monoisotopic (exact) mass is 302 g/mol. The summed E-state index contributed by atoms with van der Waals surface area (Å²) in [5.41, 5.74) is 6.28. The Morgan fingerprint density at radius 1 is 1.27 bits per heavy atom. The quantitative estimate of drug-likeness (QED) is 0.825. The molecule has 0 radical (unpaired) electrons. The second kappa shape index (κ2) is 5.97. The highest BCUT2D eigenvalue weighted by Gasteiger charge is 2.44. The molecule has 1 amide bonds. The van der Waals surface area contributed by atoms with Gasteiger partial charge in [0.05, 0.1) is 7.11 Å². The van der Waals surface area contributed by atoms with Crippen molar-refractivity contribution in [3.05, 3.63) is 48.0 Å². The van der Waals surface area contributed by atoms with E-state index in [1.165, 1.54) is 31.6 Å². The predicted octanol–water partition coefficient (Wildman–Crippen LogP) is 1.87. The lowest BCUT2D eigenvalue weighted by Crippen LogP contribution is -2.31. The Kier molecular flexibility index (Phi) is 3.86. The van der Waals surface area contributed by atoms with E-state index in [9.17, 15) is 9.18 Å². The van der Waals surface area contributed by atoms with Crippen LogP contribution in [-0.2, 0) is 4.79 Å². The van der Waals surface area contributed by atoms with Crippen LogP contribution in [0.1, 0.15) is 17.9 Å². The van der Waals surface area contributed by atoms with E-state index in [0.29, 0.717) is 11.7 Å². The van der Waals surface area contributed by atoms with Crippen molar-refractivity contribution in [3.8, 4) is 5.88 Å². The van der Waals surface area contributed by atoms with Crippen LogP contribution in [0.4, 0.5) is 10.2 Å². The summed E-state index contributed by atoms with van der Waals surface area (Å²) in [6, 6.07) is 6.25. The van der Waals surface area contributed by atoms with Gasteiger partial charge in [-0.15, -0.1) is 0 Å². The lowest BCUT2D eigenvalue weighted by molar-refractivity contribution is -0.121. The molecule has 1 aliphatic rings. The predicted molar refractivity (Wildman–Crippen MR) is 77.6 cm³/mol. The van der Waals surface area contributed by atoms with Gasteiger partial charge in [-0.05, 0) is 30.0 Å². The van der Waals surface area contributed by atoms with E-state index in [1.807, 2.05) is 0 Å². The molecule has 0 saturated heterocycles. The van der Waals surface area contributed by atoms with Crippen LogP contribution >= 0.6 is 0 Å². The molecule has 1 heterocycles. The molecule has 2 atom stereocenters. The third kappa shape index (κ3) is 2.98. The molecule has 0 aliphatic heterocycles. The number of methoxy groups -OCH3 is 1. The maximum absolute atomic E-state index is 12.9. The fourth-order valence-electron chi connectivity index (χ4n) is 2.34. The lowest BCUT2D eigenvalue weighted by Gasteiger charge is -2.09. The van der Waals surface area contributed by atoms with Crippen LogP contribution in [-0.4, -0.2) is 23.0 Å². The number of rotatable bonds is 5. The molecule has 114 valence electrons. The molecule has 7 heteroatoms. The van der Waals surface area contributed by atoms with Gasteiger partial charge in [0.25, 0.3) is 5.88 Å². The minimum absolute atomic E-state index is 0.124. The summed E-state index contributed by atoms with van der Waals surface area (Å²) in [6.45, 7) is 0. The van der Waals surface area contributed by atoms with Crippen LogP contribution in [0.5, 0.6) is 5.88 Å². The van der Waals surface area contributed by atoms with Crippen LogP contribution in [0, 0.1) is 11.7 Å². The van der Waals surface area contributed by atoms with E-state index in [-0.39, 0.29) is 23.6 Å². The molecule has 0 spiro atoms. The van der Waals surface area contributed by atoms with Crippen molar-refractivity contribution in [1.29, 1.82) is 0 Å². The molecule has 22 heavy (non-hydrogen) atoms. The van der Waals surface area contributed by atoms with Crippen LogP contribution in [0.15, 0.2) is 36.7 Å². The van der Waals surface area contributed by atoms with E-state index in [0.717, 1.165) is 12.0 Å². The SMILES string of the molecule is COc1nccnc1NNC(=O)C1CC1c1ccc(F)cc1. The van der Waals surface area contributed by atoms with Gasteiger partial charge in [0.2, 0.25) is 11.7 Å². The summed E-state index contributed by atoms with van der Waals surface area (Å²) < 4.78 is 17.9. The second-order valence-electron chi connectivity index (χ2n) is 5.03. The zero-order valence-electron chi connectivity index (χ0n) is 11.9. The highest BCUT2D eigenvalue weighted by molar-refractivity contribution is 5.83. The third-order valence-corrected chi connectivity index (χ3v) is 3.59. The van der Waals surface area contributed by atoms with Crippen molar-refractivity contribution >= 4 is 11.7 Å². The summed E-state index contributed by atoms with van der Waals surface area (Å²) in [5.74, 6) is 0.238. The largest absolute Gasteiger partial charge is 0.478 e. The maximum atomic E-state index is 12.9. The molecule has 2 N–H and O–H groups in total. The highest BCUT2D eigenvalue weighted by atomic mass is 19.1. The molecule has 1 aromatic carbocycles. The molecule has 1 fully saturated rings. The number of hydrazine groups is 1. The molecule has 0 bridgehead atoms. The first-order chi connectivity index (χ1) is 10.7. The number of anilines is 1. The zero-order chi connectivity index (χ0) is 15.5. The van der Waals surface area contributed by atoms with Gasteiger partial charge in [-0.2, -0.15) is 0 Å². The zero-order valence-corrected chi connectivity index (χ0v) is 11.9. The van der Waals surface area contributed by atoms with Crippen molar-refractivity contribution in [3.63, 3.8) is 0 Å². The first-order valence-corrected chi connectivity index (χ1v) is 6.85. The van der Waals surface area contributed by atoms with E-state index >= 15 is 0 Å². The van der Waals surface area contributed by atoms with Gasteiger partial charge in [-0.25, -0.2) is 14.4 Å². The van der Waals surface area contributed by atoms with Gasteiger partial charge in [0.1, 0.15) is 5.82 Å². The molecular weight excluding hydrogens is 287 g/mol. The Labute approximate surface area is 126 Å². The summed E-state index contributed by atoms with van der Waals surface area (Å²) in [7, 11) is 1.47. The number of aromatic nitrogens is 2. The van der Waals surface area contributed by atoms with Crippen LogP contribution < -0.4 is 15.6 Å². The van der Waals surface area contributed by atoms with E-state index in [1.54, 1.807) is 12.1 Å². The van der Waals surface area contributed by atoms with Gasteiger partial charge in [0, 0.05) is 18.3 Å². The molecule has 2 aromatic rings. The van der Waals surface area contributed by atoms with Crippen molar-refractivity contribution in [2.24, 2.45) is 5.92 Å². The first kappa shape index (κ1) is 14.2. The topological polar surface area (TPSA) is 76.1 Å². The number of carbonyl (C=O) groups is 1. The van der Waals surface area contributed by atoms with E-state index < -0.39 is 0 Å². The molecule has 3 rings (SSSR count). The molecule has 6 nitrogen and oxygen atoms in total. The summed E-state index contributed by atoms with van der Waals surface area (Å²) in [4.78, 5) is 20.1. The number of hydrogen-bond acceptors (Lipinski definition) is 5. The third-order valence-electron chi connectivity index (χ3n) is 3.59. The number of hydrogen-bond donors (Lipinski definition) is 2. The number of ether oxygens (including phenoxy) is 1. The van der Waals surface area contributed by atoms with E-state index in [4.69, 9.17) is 4.74 Å². The first-order valence-electron chi connectivity index (χ1n) is 6.85. The normalized spacial score (nSPS) is 19.4. The van der Waals surface area contributed by atoms with Crippen molar-refractivity contribution in [1.82, 2.24) is 15.4 Å². The second-order valence-corrected chi connectivity index (χ2v) is 5.03.